The van der Waals surface area contributed by atoms with Gasteiger partial charge in [0.05, 0.1) is 5.69 Å². The van der Waals surface area contributed by atoms with Crippen LogP contribution in [0.4, 0.5) is 5.69 Å². The Morgan fingerprint density at radius 3 is 2.62 bits per heavy atom. The van der Waals surface area contributed by atoms with E-state index in [1.807, 2.05) is 7.05 Å². The molecule has 0 aromatic heterocycles. The van der Waals surface area contributed by atoms with E-state index in [1.54, 1.807) is 0 Å². The van der Waals surface area contributed by atoms with Crippen molar-refractivity contribution >= 4 is 21.6 Å². The Kier molecular flexibility index (Phi) is 4.90. The van der Waals surface area contributed by atoms with Gasteiger partial charge in [-0.1, -0.05) is 18.9 Å². The summed E-state index contributed by atoms with van der Waals surface area (Å²) in [5.41, 5.74) is 2.75. The van der Waals surface area contributed by atoms with Crippen molar-refractivity contribution in [3.63, 3.8) is 0 Å². The van der Waals surface area contributed by atoms with Crippen LogP contribution in [0.3, 0.4) is 0 Å². The van der Waals surface area contributed by atoms with Gasteiger partial charge in [0.2, 0.25) is 0 Å². The summed E-state index contributed by atoms with van der Waals surface area (Å²) in [6, 6.07) is 8.07. The van der Waals surface area contributed by atoms with E-state index in [-0.39, 0.29) is 0 Å². The molecule has 0 radical (unpaired) electrons. The molecule has 1 aromatic rings. The molecular formula is C18H27BrN2. The number of hydrogen-bond donors (Lipinski definition) is 1. The second-order valence-corrected chi connectivity index (χ2v) is 7.52. The zero-order valence-corrected chi connectivity index (χ0v) is 14.8. The van der Waals surface area contributed by atoms with E-state index in [0.29, 0.717) is 6.04 Å². The quantitative estimate of drug-likeness (QED) is 0.831. The van der Waals surface area contributed by atoms with Crippen LogP contribution in [0.1, 0.15) is 57.1 Å². The van der Waals surface area contributed by atoms with E-state index >= 15 is 0 Å². The molecule has 2 unspecified atom stereocenters. The first-order chi connectivity index (χ1) is 10.2. The maximum absolute atomic E-state index is 3.82. The molecule has 0 amide bonds. The molecular weight excluding hydrogens is 324 g/mol. The summed E-state index contributed by atoms with van der Waals surface area (Å²) < 4.78 is 1.26. The van der Waals surface area contributed by atoms with Crippen molar-refractivity contribution in [2.75, 3.05) is 18.5 Å². The SMILES string of the molecule is CNC(C)c1ccc(N2CCCC2C2CCCC2)c(Br)c1. The van der Waals surface area contributed by atoms with Crippen LogP contribution in [0.5, 0.6) is 0 Å². The molecule has 2 aliphatic rings. The van der Waals surface area contributed by atoms with E-state index < -0.39 is 0 Å². The molecule has 2 atom stereocenters. The molecule has 1 saturated carbocycles. The lowest BCUT2D eigenvalue weighted by atomic mass is 9.95. The second kappa shape index (κ2) is 6.70. The van der Waals surface area contributed by atoms with Crippen LogP contribution in [0.2, 0.25) is 0 Å². The fraction of sp³-hybridized carbons (Fsp3) is 0.667. The first-order valence-electron chi connectivity index (χ1n) is 8.44. The molecule has 1 N–H and O–H groups in total. The number of anilines is 1. The molecule has 0 bridgehead atoms. The smallest absolute Gasteiger partial charge is 0.0513 e. The van der Waals surface area contributed by atoms with Crippen molar-refractivity contribution in [2.24, 2.45) is 5.92 Å². The van der Waals surface area contributed by atoms with Crippen molar-refractivity contribution in [2.45, 2.75) is 57.5 Å². The van der Waals surface area contributed by atoms with Crippen LogP contribution >= 0.6 is 15.9 Å². The number of rotatable bonds is 4. The minimum Gasteiger partial charge on any atom is -0.367 e. The minimum absolute atomic E-state index is 0.402. The molecule has 3 rings (SSSR count). The Hall–Kier alpha value is -0.540. The van der Waals surface area contributed by atoms with Crippen molar-refractivity contribution in [1.29, 1.82) is 0 Å². The molecule has 21 heavy (non-hydrogen) atoms. The third-order valence-electron chi connectivity index (χ3n) is 5.46. The van der Waals surface area contributed by atoms with Crippen LogP contribution in [-0.2, 0) is 0 Å². The van der Waals surface area contributed by atoms with E-state index in [0.717, 1.165) is 12.0 Å². The van der Waals surface area contributed by atoms with Gasteiger partial charge in [0.1, 0.15) is 0 Å². The van der Waals surface area contributed by atoms with E-state index in [2.05, 4.69) is 51.3 Å². The van der Waals surface area contributed by atoms with Crippen LogP contribution < -0.4 is 10.2 Å². The molecule has 116 valence electrons. The fourth-order valence-electron chi connectivity index (χ4n) is 4.12. The minimum atomic E-state index is 0.402. The Morgan fingerprint density at radius 1 is 1.19 bits per heavy atom. The van der Waals surface area contributed by atoms with Gasteiger partial charge >= 0.3 is 0 Å². The van der Waals surface area contributed by atoms with E-state index in [9.17, 15) is 0 Å². The number of nitrogens with zero attached hydrogens (tertiary/aromatic N) is 1. The molecule has 1 aromatic carbocycles. The normalized spacial score (nSPS) is 24.7. The maximum Gasteiger partial charge on any atom is 0.0513 e. The number of hydrogen-bond acceptors (Lipinski definition) is 2. The highest BCUT2D eigenvalue weighted by Gasteiger charge is 2.34. The van der Waals surface area contributed by atoms with Gasteiger partial charge in [0.25, 0.3) is 0 Å². The van der Waals surface area contributed by atoms with Gasteiger partial charge in [0, 0.05) is 23.1 Å². The highest BCUT2D eigenvalue weighted by Crippen LogP contribution is 2.40. The standard InChI is InChI=1S/C18H27BrN2/c1-13(20-2)15-9-10-18(16(19)12-15)21-11-5-8-17(21)14-6-3-4-7-14/h9-10,12-14,17,20H,3-8,11H2,1-2H3. The van der Waals surface area contributed by atoms with Gasteiger partial charge in [-0.3, -0.25) is 0 Å². The molecule has 1 heterocycles. The highest BCUT2D eigenvalue weighted by molar-refractivity contribution is 9.10. The maximum atomic E-state index is 3.82. The van der Waals surface area contributed by atoms with Gasteiger partial charge < -0.3 is 10.2 Å². The third-order valence-corrected chi connectivity index (χ3v) is 6.09. The second-order valence-electron chi connectivity index (χ2n) is 6.67. The Labute approximate surface area is 137 Å². The van der Waals surface area contributed by atoms with Crippen molar-refractivity contribution in [3.8, 4) is 0 Å². The monoisotopic (exact) mass is 350 g/mol. The van der Waals surface area contributed by atoms with Crippen molar-refractivity contribution in [3.05, 3.63) is 28.2 Å². The molecule has 2 nitrogen and oxygen atoms in total. The summed E-state index contributed by atoms with van der Waals surface area (Å²) in [5.74, 6) is 0.926. The number of halogens is 1. The molecule has 2 fully saturated rings. The van der Waals surface area contributed by atoms with Gasteiger partial charge in [-0.05, 0) is 79.2 Å². The summed E-state index contributed by atoms with van der Waals surface area (Å²) >= 11 is 3.82. The Bertz CT molecular complexity index is 482. The summed E-state index contributed by atoms with van der Waals surface area (Å²) in [6.07, 6.45) is 8.49. The third kappa shape index (κ3) is 3.14. The summed E-state index contributed by atoms with van der Waals surface area (Å²) in [6.45, 7) is 3.43. The number of nitrogens with one attached hydrogen (secondary N) is 1. The highest BCUT2D eigenvalue weighted by atomic mass is 79.9. The van der Waals surface area contributed by atoms with Crippen LogP contribution in [0.25, 0.3) is 0 Å². The zero-order valence-electron chi connectivity index (χ0n) is 13.2. The average molecular weight is 351 g/mol. The predicted molar refractivity (Wildman–Crippen MR) is 93.9 cm³/mol. The molecule has 1 aliphatic heterocycles. The lowest BCUT2D eigenvalue weighted by Gasteiger charge is -2.32. The topological polar surface area (TPSA) is 15.3 Å². The Morgan fingerprint density at radius 2 is 1.95 bits per heavy atom. The summed E-state index contributed by atoms with van der Waals surface area (Å²) in [5, 5.41) is 3.32. The average Bonchev–Trinajstić information content (AvgIpc) is 3.16. The van der Waals surface area contributed by atoms with Gasteiger partial charge in [0.15, 0.2) is 0 Å². The van der Waals surface area contributed by atoms with Crippen LogP contribution in [0, 0.1) is 5.92 Å². The van der Waals surface area contributed by atoms with Crippen molar-refractivity contribution < 1.29 is 0 Å². The van der Waals surface area contributed by atoms with Gasteiger partial charge in [-0.2, -0.15) is 0 Å². The Balaban J connectivity index is 1.82. The van der Waals surface area contributed by atoms with Crippen LogP contribution in [0.15, 0.2) is 22.7 Å². The predicted octanol–water partition coefficient (Wildman–Crippen LogP) is 4.89. The van der Waals surface area contributed by atoms with E-state index in [4.69, 9.17) is 0 Å². The first kappa shape index (κ1) is 15.4. The molecule has 0 spiro atoms. The van der Waals surface area contributed by atoms with Crippen molar-refractivity contribution in [1.82, 2.24) is 5.32 Å². The zero-order chi connectivity index (χ0) is 14.8. The van der Waals surface area contributed by atoms with Crippen LogP contribution in [-0.4, -0.2) is 19.6 Å². The fourth-order valence-corrected chi connectivity index (χ4v) is 4.74. The lowest BCUT2D eigenvalue weighted by Crippen LogP contribution is -2.34. The molecule has 1 saturated heterocycles. The number of benzene rings is 1. The van der Waals surface area contributed by atoms with Gasteiger partial charge in [-0.25, -0.2) is 0 Å². The molecule has 3 heteroatoms. The molecule has 1 aliphatic carbocycles. The van der Waals surface area contributed by atoms with Gasteiger partial charge in [-0.15, -0.1) is 0 Å². The first-order valence-corrected chi connectivity index (χ1v) is 9.23. The largest absolute Gasteiger partial charge is 0.367 e. The lowest BCUT2D eigenvalue weighted by molar-refractivity contribution is 0.430. The summed E-state index contributed by atoms with van der Waals surface area (Å²) in [7, 11) is 2.02. The summed E-state index contributed by atoms with van der Waals surface area (Å²) in [4.78, 5) is 2.67. The van der Waals surface area contributed by atoms with E-state index in [1.165, 1.54) is 60.8 Å².